The molecule has 2 aromatic rings. The molecule has 1 fully saturated rings. The molecule has 6 heteroatoms. The van der Waals surface area contributed by atoms with Crippen molar-refractivity contribution in [3.8, 4) is 5.75 Å². The fourth-order valence-corrected chi connectivity index (χ4v) is 3.55. The van der Waals surface area contributed by atoms with Crippen LogP contribution in [0.25, 0.3) is 0 Å². The smallest absolute Gasteiger partial charge is 0.220 e. The van der Waals surface area contributed by atoms with Crippen molar-refractivity contribution in [1.82, 2.24) is 10.6 Å². The van der Waals surface area contributed by atoms with Crippen molar-refractivity contribution >= 4 is 18.3 Å². The number of carbonyl (C=O) groups excluding carboxylic acids is 1. The Kier molecular flexibility index (Phi) is 8.74. The van der Waals surface area contributed by atoms with E-state index in [0.717, 1.165) is 49.2 Å². The van der Waals surface area contributed by atoms with Crippen molar-refractivity contribution in [1.29, 1.82) is 0 Å². The minimum absolute atomic E-state index is 0. The maximum absolute atomic E-state index is 13.3. The second kappa shape index (κ2) is 11.0. The minimum atomic E-state index is -0.308. The SMILES string of the molecule is COc1ccc(C(NC(=O)CCC2CCNCC2)c2ccc(F)cc2)cc1.Cl. The van der Waals surface area contributed by atoms with Gasteiger partial charge in [0.1, 0.15) is 11.6 Å². The van der Waals surface area contributed by atoms with Gasteiger partial charge in [0.15, 0.2) is 0 Å². The van der Waals surface area contributed by atoms with Gasteiger partial charge in [0.05, 0.1) is 13.2 Å². The summed E-state index contributed by atoms with van der Waals surface area (Å²) in [5, 5.41) is 6.48. The van der Waals surface area contributed by atoms with E-state index in [1.807, 2.05) is 24.3 Å². The zero-order valence-corrected chi connectivity index (χ0v) is 16.9. The molecule has 4 nitrogen and oxygen atoms in total. The molecule has 1 saturated heterocycles. The van der Waals surface area contributed by atoms with Crippen LogP contribution >= 0.6 is 12.4 Å². The number of hydrogen-bond donors (Lipinski definition) is 2. The monoisotopic (exact) mass is 406 g/mol. The third-order valence-corrected chi connectivity index (χ3v) is 5.20. The van der Waals surface area contributed by atoms with E-state index in [2.05, 4.69) is 10.6 Å². The van der Waals surface area contributed by atoms with Gasteiger partial charge in [-0.05, 0) is 73.7 Å². The van der Waals surface area contributed by atoms with E-state index in [9.17, 15) is 9.18 Å². The second-order valence-electron chi connectivity index (χ2n) is 7.06. The highest BCUT2D eigenvalue weighted by Gasteiger charge is 2.19. The molecule has 1 unspecified atom stereocenters. The van der Waals surface area contributed by atoms with Crippen molar-refractivity contribution in [3.05, 3.63) is 65.5 Å². The number of methoxy groups -OCH3 is 1. The van der Waals surface area contributed by atoms with Crippen molar-refractivity contribution in [2.75, 3.05) is 20.2 Å². The first-order chi connectivity index (χ1) is 13.2. The summed E-state index contributed by atoms with van der Waals surface area (Å²) in [6, 6.07) is 13.6. The highest BCUT2D eigenvalue weighted by Crippen LogP contribution is 2.25. The van der Waals surface area contributed by atoms with Gasteiger partial charge in [-0.1, -0.05) is 24.3 Å². The van der Waals surface area contributed by atoms with E-state index < -0.39 is 0 Å². The maximum atomic E-state index is 13.3. The molecule has 1 aliphatic heterocycles. The Hall–Kier alpha value is -2.11. The fourth-order valence-electron chi connectivity index (χ4n) is 3.55. The van der Waals surface area contributed by atoms with Crippen LogP contribution < -0.4 is 15.4 Å². The predicted octanol–water partition coefficient (Wildman–Crippen LogP) is 4.24. The van der Waals surface area contributed by atoms with Gasteiger partial charge in [0.25, 0.3) is 0 Å². The Bertz CT molecular complexity index is 731. The normalized spacial score (nSPS) is 15.4. The van der Waals surface area contributed by atoms with Crippen LogP contribution in [0.3, 0.4) is 0 Å². The number of ether oxygens (including phenoxy) is 1. The Labute approximate surface area is 172 Å². The summed E-state index contributed by atoms with van der Waals surface area (Å²) in [6.45, 7) is 2.08. The molecule has 0 spiro atoms. The average Bonchev–Trinajstić information content (AvgIpc) is 2.72. The van der Waals surface area contributed by atoms with Crippen molar-refractivity contribution in [2.45, 2.75) is 31.7 Å². The molecule has 2 N–H and O–H groups in total. The Morgan fingerprint density at radius 1 is 1.11 bits per heavy atom. The standard InChI is InChI=1S/C22H27FN2O2.ClH/c1-27-20-9-5-18(6-10-20)22(17-3-7-19(23)8-4-17)25-21(26)11-2-16-12-14-24-15-13-16;/h3-10,16,22,24H,2,11-15H2,1H3,(H,25,26);1H. The van der Waals surface area contributed by atoms with Gasteiger partial charge < -0.3 is 15.4 Å². The molecule has 152 valence electrons. The second-order valence-corrected chi connectivity index (χ2v) is 7.06. The lowest BCUT2D eigenvalue weighted by atomic mass is 9.92. The maximum Gasteiger partial charge on any atom is 0.220 e. The van der Waals surface area contributed by atoms with Crippen LogP contribution in [0.1, 0.15) is 42.9 Å². The molecule has 1 aliphatic rings. The molecule has 1 atom stereocenters. The summed E-state index contributed by atoms with van der Waals surface area (Å²) in [5.74, 6) is 1.11. The van der Waals surface area contributed by atoms with E-state index in [4.69, 9.17) is 4.74 Å². The van der Waals surface area contributed by atoms with Crippen LogP contribution in [0.4, 0.5) is 4.39 Å². The molecule has 0 aromatic heterocycles. The first-order valence-corrected chi connectivity index (χ1v) is 9.55. The summed E-state index contributed by atoms with van der Waals surface area (Å²) < 4.78 is 18.5. The van der Waals surface area contributed by atoms with Gasteiger partial charge in [-0.15, -0.1) is 12.4 Å². The number of carbonyl (C=O) groups is 1. The van der Waals surface area contributed by atoms with Gasteiger partial charge in [-0.3, -0.25) is 4.79 Å². The number of rotatable bonds is 7. The Balaban J connectivity index is 0.00000280. The zero-order valence-electron chi connectivity index (χ0n) is 16.1. The van der Waals surface area contributed by atoms with Crippen molar-refractivity contribution in [3.63, 3.8) is 0 Å². The van der Waals surface area contributed by atoms with Gasteiger partial charge in [0, 0.05) is 6.42 Å². The lowest BCUT2D eigenvalue weighted by Gasteiger charge is -2.23. The quantitative estimate of drug-likeness (QED) is 0.723. The first-order valence-electron chi connectivity index (χ1n) is 9.55. The van der Waals surface area contributed by atoms with Crippen LogP contribution in [0.15, 0.2) is 48.5 Å². The summed E-state index contributed by atoms with van der Waals surface area (Å²) in [5.41, 5.74) is 1.80. The molecule has 0 saturated carbocycles. The fraction of sp³-hybridized carbons (Fsp3) is 0.409. The highest BCUT2D eigenvalue weighted by molar-refractivity contribution is 5.85. The molecule has 0 aliphatic carbocycles. The topological polar surface area (TPSA) is 50.4 Å². The number of piperidine rings is 1. The van der Waals surface area contributed by atoms with Gasteiger partial charge >= 0.3 is 0 Å². The average molecular weight is 407 g/mol. The largest absolute Gasteiger partial charge is 0.497 e. The molecule has 0 radical (unpaired) electrons. The van der Waals surface area contributed by atoms with Crippen LogP contribution in [0, 0.1) is 11.7 Å². The van der Waals surface area contributed by atoms with Crippen molar-refractivity contribution in [2.24, 2.45) is 5.92 Å². The summed E-state index contributed by atoms with van der Waals surface area (Å²) >= 11 is 0. The number of hydrogen-bond acceptors (Lipinski definition) is 3. The molecule has 3 rings (SSSR count). The molecule has 0 bridgehead atoms. The van der Waals surface area contributed by atoms with Gasteiger partial charge in [0.2, 0.25) is 5.91 Å². The third kappa shape index (κ3) is 6.21. The van der Waals surface area contributed by atoms with Gasteiger partial charge in [-0.25, -0.2) is 4.39 Å². The lowest BCUT2D eigenvalue weighted by molar-refractivity contribution is -0.121. The van der Waals surface area contributed by atoms with Crippen molar-refractivity contribution < 1.29 is 13.9 Å². The molecule has 2 aromatic carbocycles. The molecule has 1 heterocycles. The number of amides is 1. The van der Waals surface area contributed by atoms with Crippen LogP contribution in [0.2, 0.25) is 0 Å². The minimum Gasteiger partial charge on any atom is -0.497 e. The third-order valence-electron chi connectivity index (χ3n) is 5.20. The van der Waals surface area contributed by atoms with E-state index in [-0.39, 0.29) is 30.2 Å². The molecular weight excluding hydrogens is 379 g/mol. The number of benzene rings is 2. The van der Waals surface area contributed by atoms with E-state index in [1.165, 1.54) is 12.1 Å². The molecular formula is C22H28ClFN2O2. The van der Waals surface area contributed by atoms with E-state index in [0.29, 0.717) is 12.3 Å². The molecule has 28 heavy (non-hydrogen) atoms. The summed E-state index contributed by atoms with van der Waals surface area (Å²) in [7, 11) is 1.62. The van der Waals surface area contributed by atoms with E-state index >= 15 is 0 Å². The lowest BCUT2D eigenvalue weighted by Crippen LogP contribution is -2.31. The predicted molar refractivity (Wildman–Crippen MR) is 111 cm³/mol. The Morgan fingerprint density at radius 3 is 2.25 bits per heavy atom. The number of halogens is 2. The highest BCUT2D eigenvalue weighted by atomic mass is 35.5. The zero-order chi connectivity index (χ0) is 19.1. The number of nitrogens with one attached hydrogen (secondary N) is 2. The first kappa shape index (κ1) is 22.2. The van der Waals surface area contributed by atoms with E-state index in [1.54, 1.807) is 19.2 Å². The van der Waals surface area contributed by atoms with Crippen LogP contribution in [0.5, 0.6) is 5.75 Å². The van der Waals surface area contributed by atoms with Crippen LogP contribution in [-0.4, -0.2) is 26.1 Å². The molecule has 1 amide bonds. The Morgan fingerprint density at radius 2 is 1.68 bits per heavy atom. The van der Waals surface area contributed by atoms with Crippen LogP contribution in [-0.2, 0) is 4.79 Å². The van der Waals surface area contributed by atoms with Gasteiger partial charge in [-0.2, -0.15) is 0 Å². The summed E-state index contributed by atoms with van der Waals surface area (Å²) in [4.78, 5) is 12.6. The summed E-state index contributed by atoms with van der Waals surface area (Å²) in [6.07, 6.45) is 3.69.